The van der Waals surface area contributed by atoms with Crippen LogP contribution in [0, 0.1) is 0 Å². The number of methoxy groups -OCH3 is 1. The molecule has 1 heterocycles. The van der Waals surface area contributed by atoms with Gasteiger partial charge in [0.15, 0.2) is 5.75 Å². The number of hydrogen-bond donors (Lipinski definition) is 1. The molecule has 0 radical (unpaired) electrons. The minimum atomic E-state index is 0.513. The number of benzene rings is 1. The number of hydrogen-bond acceptors (Lipinski definition) is 4. The van der Waals surface area contributed by atoms with Gasteiger partial charge in [0.2, 0.25) is 0 Å². The summed E-state index contributed by atoms with van der Waals surface area (Å²) in [7, 11) is 1.67. The molecular weight excluding hydrogens is 311 g/mol. The lowest BCUT2D eigenvalue weighted by Crippen LogP contribution is -2.18. The van der Waals surface area contributed by atoms with Gasteiger partial charge in [-0.3, -0.25) is 4.98 Å². The highest BCUT2D eigenvalue weighted by Crippen LogP contribution is 2.33. The summed E-state index contributed by atoms with van der Waals surface area (Å²) in [5.74, 6) is 1.15. The van der Waals surface area contributed by atoms with Gasteiger partial charge in [0.05, 0.1) is 22.8 Å². The Morgan fingerprint density at radius 3 is 2.86 bits per heavy atom. The lowest BCUT2D eigenvalue weighted by atomic mass is 10.2. The molecule has 6 heteroatoms. The molecule has 1 aromatic carbocycles. The summed E-state index contributed by atoms with van der Waals surface area (Å²) in [5, 5.41) is 4.32. The Kier molecular flexibility index (Phi) is 6.26. The van der Waals surface area contributed by atoms with Crippen molar-refractivity contribution in [2.75, 3.05) is 20.3 Å². The van der Waals surface area contributed by atoms with Crippen molar-refractivity contribution in [3.63, 3.8) is 0 Å². The molecule has 112 valence electrons. The topological polar surface area (TPSA) is 43.4 Å². The third-order valence-electron chi connectivity index (χ3n) is 2.75. The van der Waals surface area contributed by atoms with Crippen LogP contribution in [-0.4, -0.2) is 25.2 Å². The predicted molar refractivity (Wildman–Crippen MR) is 84.4 cm³/mol. The van der Waals surface area contributed by atoms with Gasteiger partial charge in [-0.25, -0.2) is 0 Å². The van der Waals surface area contributed by atoms with Crippen molar-refractivity contribution in [3.05, 3.63) is 52.3 Å². The summed E-state index contributed by atoms with van der Waals surface area (Å²) in [6.07, 6.45) is 3.14. The first-order valence-electron chi connectivity index (χ1n) is 6.46. The Bertz CT molecular complexity index is 594. The van der Waals surface area contributed by atoms with E-state index in [2.05, 4.69) is 10.3 Å². The third-order valence-corrected chi connectivity index (χ3v) is 3.25. The number of halogens is 2. The summed E-state index contributed by atoms with van der Waals surface area (Å²) in [5.41, 5.74) is 0.957. The van der Waals surface area contributed by atoms with Gasteiger partial charge in [0.25, 0.3) is 0 Å². The summed E-state index contributed by atoms with van der Waals surface area (Å²) < 4.78 is 10.8. The Morgan fingerprint density at radius 2 is 2.10 bits per heavy atom. The molecular formula is C15H16Cl2N2O2. The van der Waals surface area contributed by atoms with Crippen LogP contribution in [0.5, 0.6) is 11.5 Å². The van der Waals surface area contributed by atoms with E-state index in [9.17, 15) is 0 Å². The highest BCUT2D eigenvalue weighted by Gasteiger charge is 2.10. The van der Waals surface area contributed by atoms with E-state index in [0.717, 1.165) is 12.1 Å². The molecule has 1 N–H and O–H groups in total. The molecule has 2 rings (SSSR count). The van der Waals surface area contributed by atoms with E-state index in [-0.39, 0.29) is 0 Å². The highest BCUT2D eigenvalue weighted by atomic mass is 35.5. The zero-order chi connectivity index (χ0) is 15.1. The lowest BCUT2D eigenvalue weighted by Gasteiger charge is -2.13. The van der Waals surface area contributed by atoms with E-state index < -0.39 is 0 Å². The molecule has 0 aliphatic heterocycles. The van der Waals surface area contributed by atoms with Gasteiger partial charge >= 0.3 is 0 Å². The molecule has 0 saturated carbocycles. The molecule has 0 aliphatic rings. The fourth-order valence-corrected chi connectivity index (χ4v) is 2.17. The van der Waals surface area contributed by atoms with Crippen molar-refractivity contribution in [2.24, 2.45) is 0 Å². The summed E-state index contributed by atoms with van der Waals surface area (Å²) in [6.45, 7) is 2.03. The van der Waals surface area contributed by atoms with E-state index >= 15 is 0 Å². The molecule has 0 unspecified atom stereocenters. The van der Waals surface area contributed by atoms with Crippen LogP contribution in [0.4, 0.5) is 0 Å². The Hall–Kier alpha value is -1.33. The van der Waals surface area contributed by atoms with Crippen molar-refractivity contribution >= 4 is 23.2 Å². The largest absolute Gasteiger partial charge is 0.454 e. The van der Waals surface area contributed by atoms with Crippen molar-refractivity contribution in [3.8, 4) is 11.5 Å². The van der Waals surface area contributed by atoms with Gasteiger partial charge in [0, 0.05) is 38.0 Å². The first-order chi connectivity index (χ1) is 10.2. The minimum absolute atomic E-state index is 0.513. The van der Waals surface area contributed by atoms with Crippen LogP contribution >= 0.6 is 23.2 Å². The van der Waals surface area contributed by atoms with Crippen LogP contribution in [0.2, 0.25) is 10.0 Å². The number of ether oxygens (including phenoxy) is 2. The maximum Gasteiger partial charge on any atom is 0.150 e. The van der Waals surface area contributed by atoms with Crippen molar-refractivity contribution in [2.45, 2.75) is 6.54 Å². The normalized spacial score (nSPS) is 10.6. The van der Waals surface area contributed by atoms with Gasteiger partial charge in [-0.2, -0.15) is 0 Å². The van der Waals surface area contributed by atoms with E-state index in [1.54, 1.807) is 31.6 Å². The fourth-order valence-electron chi connectivity index (χ4n) is 1.77. The van der Waals surface area contributed by atoms with E-state index in [1.165, 1.54) is 0 Å². The first kappa shape index (κ1) is 16.0. The van der Waals surface area contributed by atoms with Gasteiger partial charge < -0.3 is 14.8 Å². The fraction of sp³-hybridized carbons (Fsp3) is 0.267. The van der Waals surface area contributed by atoms with Crippen LogP contribution in [-0.2, 0) is 11.3 Å². The second-order valence-corrected chi connectivity index (χ2v) is 5.18. The average molecular weight is 327 g/mol. The maximum absolute atomic E-state index is 6.23. The first-order valence-corrected chi connectivity index (χ1v) is 7.21. The number of aromatic nitrogens is 1. The van der Waals surface area contributed by atoms with Crippen molar-refractivity contribution < 1.29 is 9.47 Å². The van der Waals surface area contributed by atoms with Crippen LogP contribution in [0.3, 0.4) is 0 Å². The molecule has 0 amide bonds. The molecule has 1 aromatic heterocycles. The molecule has 0 spiro atoms. The summed E-state index contributed by atoms with van der Waals surface area (Å²) in [6, 6.07) is 7.32. The van der Waals surface area contributed by atoms with Gasteiger partial charge in [-0.05, 0) is 6.07 Å². The number of rotatable bonds is 7. The standard InChI is InChI=1S/C15H16Cl2N2O2/c1-20-6-5-18-8-11-3-2-4-14(17)15(11)21-13-7-12(16)9-19-10-13/h2-4,7,9-10,18H,5-6,8H2,1H3. The van der Waals surface area contributed by atoms with Crippen LogP contribution in [0.25, 0.3) is 0 Å². The Labute approximate surface area is 134 Å². The number of nitrogens with one attached hydrogen (secondary N) is 1. The molecule has 21 heavy (non-hydrogen) atoms. The highest BCUT2D eigenvalue weighted by molar-refractivity contribution is 6.32. The van der Waals surface area contributed by atoms with Gasteiger partial charge in [-0.1, -0.05) is 35.3 Å². The number of para-hydroxylation sites is 1. The number of nitrogens with zero attached hydrogens (tertiary/aromatic N) is 1. The van der Waals surface area contributed by atoms with Crippen LogP contribution in [0.15, 0.2) is 36.7 Å². The van der Waals surface area contributed by atoms with Crippen molar-refractivity contribution in [1.29, 1.82) is 0 Å². The zero-order valence-corrected chi connectivity index (χ0v) is 13.1. The Morgan fingerprint density at radius 1 is 1.24 bits per heavy atom. The molecule has 0 fully saturated rings. The third kappa shape index (κ3) is 4.86. The van der Waals surface area contributed by atoms with Crippen LogP contribution in [0.1, 0.15) is 5.56 Å². The lowest BCUT2D eigenvalue weighted by molar-refractivity contribution is 0.199. The monoisotopic (exact) mass is 326 g/mol. The van der Waals surface area contributed by atoms with E-state index in [4.69, 9.17) is 32.7 Å². The quantitative estimate of drug-likeness (QED) is 0.783. The summed E-state index contributed by atoms with van der Waals surface area (Å²) in [4.78, 5) is 3.99. The molecule has 4 nitrogen and oxygen atoms in total. The van der Waals surface area contributed by atoms with Crippen molar-refractivity contribution in [1.82, 2.24) is 10.3 Å². The van der Waals surface area contributed by atoms with Crippen LogP contribution < -0.4 is 10.1 Å². The SMILES string of the molecule is COCCNCc1cccc(Cl)c1Oc1cncc(Cl)c1. The smallest absolute Gasteiger partial charge is 0.150 e. The molecule has 0 aliphatic carbocycles. The second-order valence-electron chi connectivity index (χ2n) is 4.34. The second kappa shape index (κ2) is 8.20. The van der Waals surface area contributed by atoms with Gasteiger partial charge in [0.1, 0.15) is 5.75 Å². The van der Waals surface area contributed by atoms with E-state index in [1.807, 2.05) is 12.1 Å². The molecule has 0 saturated heterocycles. The summed E-state index contributed by atoms with van der Waals surface area (Å²) >= 11 is 12.1. The predicted octanol–water partition coefficient (Wildman–Crippen LogP) is 3.92. The maximum atomic E-state index is 6.23. The zero-order valence-electron chi connectivity index (χ0n) is 11.6. The molecule has 0 atom stereocenters. The molecule has 0 bridgehead atoms. The minimum Gasteiger partial charge on any atom is -0.454 e. The number of pyridine rings is 1. The Balaban J connectivity index is 2.13. The average Bonchev–Trinajstić information content (AvgIpc) is 2.47. The van der Waals surface area contributed by atoms with Gasteiger partial charge in [-0.15, -0.1) is 0 Å². The van der Waals surface area contributed by atoms with E-state index in [0.29, 0.717) is 34.7 Å². The molecule has 2 aromatic rings.